The summed E-state index contributed by atoms with van der Waals surface area (Å²) in [5, 5.41) is 3.23. The topological polar surface area (TPSA) is 27.6 Å². The van der Waals surface area contributed by atoms with Crippen LogP contribution in [0.4, 0.5) is 0 Å². The lowest BCUT2D eigenvalue weighted by Crippen LogP contribution is -2.28. The van der Waals surface area contributed by atoms with Gasteiger partial charge in [-0.25, -0.2) is 0 Å². The van der Waals surface area contributed by atoms with Crippen molar-refractivity contribution in [3.63, 3.8) is 0 Å². The summed E-state index contributed by atoms with van der Waals surface area (Å²) >= 11 is 0. The normalized spacial score (nSPS) is 10.7. The van der Waals surface area contributed by atoms with Crippen LogP contribution in [0, 0.1) is 0 Å². The predicted molar refractivity (Wildman–Crippen MR) is 45.6 cm³/mol. The molecular formula is C7H17N3. The molecule has 0 amide bonds. The molecule has 0 aliphatic heterocycles. The Bertz CT molecular complexity index is 90.9. The molecular weight excluding hydrogens is 126 g/mol. The lowest BCUT2D eigenvalue weighted by molar-refractivity contribution is 0.498. The lowest BCUT2D eigenvalue weighted by Gasteiger charge is -2.11. The van der Waals surface area contributed by atoms with Gasteiger partial charge in [0, 0.05) is 27.2 Å². The number of likely N-dealkylation sites (N-methyl/N-ethyl adjacent to an activating group) is 2. The smallest absolute Gasteiger partial charge is 0.0844 e. The largest absolute Gasteiger partial charge is 0.365 e. The zero-order valence-electron chi connectivity index (χ0n) is 7.09. The first kappa shape index (κ1) is 9.43. The van der Waals surface area contributed by atoms with E-state index in [4.69, 9.17) is 0 Å². The van der Waals surface area contributed by atoms with Gasteiger partial charge in [0.05, 0.1) is 6.34 Å². The van der Waals surface area contributed by atoms with Crippen LogP contribution in [0.2, 0.25) is 0 Å². The van der Waals surface area contributed by atoms with E-state index in [1.165, 1.54) is 0 Å². The predicted octanol–water partition coefficient (Wildman–Crippen LogP) is 0.186. The molecule has 0 aliphatic rings. The molecule has 0 aromatic heterocycles. The van der Waals surface area contributed by atoms with Crippen molar-refractivity contribution in [2.75, 3.05) is 33.7 Å². The molecule has 0 saturated heterocycles. The van der Waals surface area contributed by atoms with Gasteiger partial charge in [0.2, 0.25) is 0 Å². The highest BCUT2D eigenvalue weighted by atomic mass is 15.1. The van der Waals surface area contributed by atoms with Crippen LogP contribution >= 0.6 is 0 Å². The first-order valence-corrected chi connectivity index (χ1v) is 3.64. The van der Waals surface area contributed by atoms with Crippen LogP contribution in [0.5, 0.6) is 0 Å². The third kappa shape index (κ3) is 5.56. The number of nitrogens with zero attached hydrogens (tertiary/aromatic N) is 2. The van der Waals surface area contributed by atoms with Crippen LogP contribution in [-0.4, -0.2) is 45.0 Å². The quantitative estimate of drug-likeness (QED) is 0.338. The first-order chi connectivity index (χ1) is 4.81. The Balaban J connectivity index is 3.13. The third-order valence-corrected chi connectivity index (χ3v) is 1.20. The van der Waals surface area contributed by atoms with Crippen LogP contribution in [0.3, 0.4) is 0 Å². The van der Waals surface area contributed by atoms with Crippen LogP contribution in [-0.2, 0) is 0 Å². The molecule has 0 rings (SSSR count). The molecule has 1 N–H and O–H groups in total. The Morgan fingerprint density at radius 1 is 1.60 bits per heavy atom. The summed E-state index contributed by atoms with van der Waals surface area (Å²) in [7, 11) is 3.80. The molecule has 0 heterocycles. The summed E-state index contributed by atoms with van der Waals surface area (Å²) in [6, 6.07) is 0. The second-order valence-electron chi connectivity index (χ2n) is 2.21. The molecule has 10 heavy (non-hydrogen) atoms. The summed E-state index contributed by atoms with van der Waals surface area (Å²) in [4.78, 5) is 5.95. The molecule has 0 saturated carbocycles. The number of aliphatic imine (C=N–C) groups is 1. The summed E-state index contributed by atoms with van der Waals surface area (Å²) in [5.41, 5.74) is 0. The monoisotopic (exact) mass is 143 g/mol. The minimum atomic E-state index is 1.02. The fraction of sp³-hybridized carbons (Fsp3) is 0.857. The van der Waals surface area contributed by atoms with Crippen molar-refractivity contribution in [1.82, 2.24) is 10.2 Å². The van der Waals surface area contributed by atoms with Crippen LogP contribution in [0.15, 0.2) is 4.99 Å². The van der Waals surface area contributed by atoms with Gasteiger partial charge >= 0.3 is 0 Å². The summed E-state index contributed by atoms with van der Waals surface area (Å²) in [5.74, 6) is 0. The molecule has 0 spiro atoms. The van der Waals surface area contributed by atoms with Gasteiger partial charge in [0.25, 0.3) is 0 Å². The molecule has 0 aromatic rings. The first-order valence-electron chi connectivity index (χ1n) is 3.64. The molecule has 0 atom stereocenters. The maximum Gasteiger partial charge on any atom is 0.0844 e. The van der Waals surface area contributed by atoms with E-state index in [0.29, 0.717) is 0 Å². The Morgan fingerprint density at radius 2 is 2.30 bits per heavy atom. The van der Waals surface area contributed by atoms with Gasteiger partial charge in [-0.05, 0) is 6.54 Å². The van der Waals surface area contributed by atoms with E-state index in [2.05, 4.69) is 22.1 Å². The molecule has 3 heteroatoms. The van der Waals surface area contributed by atoms with E-state index in [1.54, 1.807) is 7.05 Å². The Hall–Kier alpha value is -0.570. The van der Waals surface area contributed by atoms with Crippen molar-refractivity contribution in [3.8, 4) is 0 Å². The summed E-state index contributed by atoms with van der Waals surface area (Å²) < 4.78 is 0. The van der Waals surface area contributed by atoms with E-state index in [-0.39, 0.29) is 0 Å². The van der Waals surface area contributed by atoms with E-state index < -0.39 is 0 Å². The zero-order valence-corrected chi connectivity index (χ0v) is 7.09. The highest BCUT2D eigenvalue weighted by Crippen LogP contribution is 1.73. The van der Waals surface area contributed by atoms with Crippen molar-refractivity contribution in [2.45, 2.75) is 6.92 Å². The Kier molecular flexibility index (Phi) is 6.18. The zero-order chi connectivity index (χ0) is 7.82. The summed E-state index contributed by atoms with van der Waals surface area (Å²) in [6.07, 6.45) is 1.83. The fourth-order valence-electron chi connectivity index (χ4n) is 0.687. The van der Waals surface area contributed by atoms with E-state index in [0.717, 1.165) is 19.6 Å². The second kappa shape index (κ2) is 6.55. The van der Waals surface area contributed by atoms with Crippen molar-refractivity contribution < 1.29 is 0 Å². The highest BCUT2D eigenvalue weighted by Gasteiger charge is 1.87. The van der Waals surface area contributed by atoms with E-state index in [1.807, 2.05) is 13.4 Å². The van der Waals surface area contributed by atoms with Crippen molar-refractivity contribution in [1.29, 1.82) is 0 Å². The molecule has 0 unspecified atom stereocenters. The highest BCUT2D eigenvalue weighted by molar-refractivity contribution is 5.53. The van der Waals surface area contributed by atoms with Gasteiger partial charge in [-0.1, -0.05) is 6.92 Å². The number of hydrogen-bond acceptors (Lipinski definition) is 2. The molecule has 60 valence electrons. The number of nitrogens with one attached hydrogen (secondary N) is 1. The minimum absolute atomic E-state index is 1.02. The molecule has 3 nitrogen and oxygen atoms in total. The Labute approximate surface area is 63.1 Å². The second-order valence-corrected chi connectivity index (χ2v) is 2.21. The molecule has 0 fully saturated rings. The third-order valence-electron chi connectivity index (χ3n) is 1.20. The Morgan fingerprint density at radius 3 is 2.80 bits per heavy atom. The standard InChI is InChI=1S/C7H17N3/c1-4-9-5-6-10(3)7-8-2/h7,9H,4-6H2,1-3H3/b8-7-. The van der Waals surface area contributed by atoms with E-state index in [9.17, 15) is 0 Å². The number of hydrogen-bond donors (Lipinski definition) is 1. The number of rotatable bonds is 5. The van der Waals surface area contributed by atoms with E-state index >= 15 is 0 Å². The molecule has 0 bridgehead atoms. The van der Waals surface area contributed by atoms with Gasteiger partial charge in [-0.2, -0.15) is 0 Å². The van der Waals surface area contributed by atoms with Crippen molar-refractivity contribution >= 4 is 6.34 Å². The van der Waals surface area contributed by atoms with Gasteiger partial charge < -0.3 is 10.2 Å². The van der Waals surface area contributed by atoms with Crippen molar-refractivity contribution in [2.24, 2.45) is 4.99 Å². The lowest BCUT2D eigenvalue weighted by atomic mass is 10.5. The molecule has 0 radical (unpaired) electrons. The fourth-order valence-corrected chi connectivity index (χ4v) is 0.687. The average Bonchev–Trinajstić information content (AvgIpc) is 1.89. The maximum absolute atomic E-state index is 3.89. The SMILES string of the molecule is CCNCCN(C)/C=N\C. The van der Waals surface area contributed by atoms with Crippen LogP contribution in [0.25, 0.3) is 0 Å². The molecule has 0 aromatic carbocycles. The summed E-state index contributed by atoms with van der Waals surface area (Å²) in [6.45, 7) is 5.19. The minimum Gasteiger partial charge on any atom is -0.365 e. The molecule has 0 aliphatic carbocycles. The van der Waals surface area contributed by atoms with Gasteiger partial charge in [0.15, 0.2) is 0 Å². The van der Waals surface area contributed by atoms with Gasteiger partial charge in [-0.15, -0.1) is 0 Å². The van der Waals surface area contributed by atoms with Gasteiger partial charge in [0.1, 0.15) is 0 Å². The average molecular weight is 143 g/mol. The van der Waals surface area contributed by atoms with Crippen LogP contribution in [0.1, 0.15) is 6.92 Å². The maximum atomic E-state index is 3.89. The van der Waals surface area contributed by atoms with Crippen molar-refractivity contribution in [3.05, 3.63) is 0 Å². The van der Waals surface area contributed by atoms with Crippen LogP contribution < -0.4 is 5.32 Å². The van der Waals surface area contributed by atoms with Gasteiger partial charge in [-0.3, -0.25) is 4.99 Å².